The number of rotatable bonds is 6. The van der Waals surface area contributed by atoms with Crippen LogP contribution in [-0.4, -0.2) is 23.6 Å². The predicted molar refractivity (Wildman–Crippen MR) is 95.9 cm³/mol. The second-order valence-electron chi connectivity index (χ2n) is 6.81. The monoisotopic (exact) mass is 341 g/mol. The number of aliphatic carboxylic acids is 1. The third kappa shape index (κ3) is 5.35. The highest BCUT2D eigenvalue weighted by Gasteiger charge is 2.20. The van der Waals surface area contributed by atoms with E-state index in [1.807, 2.05) is 30.3 Å². The molecule has 5 heteroatoms. The Kier molecular flexibility index (Phi) is 5.80. The van der Waals surface area contributed by atoms with E-state index >= 15 is 0 Å². The maximum absolute atomic E-state index is 12.6. The van der Waals surface area contributed by atoms with Crippen molar-refractivity contribution in [2.45, 2.75) is 32.7 Å². The van der Waals surface area contributed by atoms with E-state index in [2.05, 4.69) is 26.1 Å². The lowest BCUT2D eigenvalue weighted by Crippen LogP contribution is -2.26. The van der Waals surface area contributed by atoms with Crippen LogP contribution < -0.4 is 10.1 Å². The highest BCUT2D eigenvalue weighted by Crippen LogP contribution is 2.25. The van der Waals surface area contributed by atoms with Crippen LogP contribution in [-0.2, 0) is 16.8 Å². The van der Waals surface area contributed by atoms with Crippen molar-refractivity contribution in [3.8, 4) is 5.75 Å². The minimum absolute atomic E-state index is 0.126. The zero-order valence-corrected chi connectivity index (χ0v) is 14.7. The van der Waals surface area contributed by atoms with Gasteiger partial charge in [-0.15, -0.1) is 0 Å². The fourth-order valence-electron chi connectivity index (χ4n) is 2.50. The van der Waals surface area contributed by atoms with Crippen molar-refractivity contribution < 1.29 is 19.4 Å². The average Bonchev–Trinajstić information content (AvgIpc) is 2.57. The van der Waals surface area contributed by atoms with Crippen LogP contribution in [0.5, 0.6) is 5.75 Å². The van der Waals surface area contributed by atoms with E-state index in [-0.39, 0.29) is 11.3 Å². The zero-order valence-electron chi connectivity index (χ0n) is 14.7. The first-order valence-electron chi connectivity index (χ1n) is 8.08. The van der Waals surface area contributed by atoms with Crippen molar-refractivity contribution in [2.75, 3.05) is 6.61 Å². The molecule has 0 bridgehead atoms. The largest absolute Gasteiger partial charge is 0.482 e. The molecule has 132 valence electrons. The molecule has 2 aromatic rings. The molecule has 0 fully saturated rings. The molecule has 0 aromatic heterocycles. The summed E-state index contributed by atoms with van der Waals surface area (Å²) >= 11 is 0. The third-order valence-electron chi connectivity index (χ3n) is 3.69. The van der Waals surface area contributed by atoms with Gasteiger partial charge in [-0.05, 0) is 34.7 Å². The van der Waals surface area contributed by atoms with E-state index < -0.39 is 12.6 Å². The Bertz CT molecular complexity index is 762. The number of carboxylic acid groups (broad SMARTS) is 1. The fourth-order valence-corrected chi connectivity index (χ4v) is 2.50. The molecule has 0 aliphatic rings. The molecule has 0 heterocycles. The molecule has 5 nitrogen and oxygen atoms in total. The van der Waals surface area contributed by atoms with Gasteiger partial charge in [0, 0.05) is 12.1 Å². The van der Waals surface area contributed by atoms with Crippen molar-refractivity contribution in [1.82, 2.24) is 5.32 Å². The van der Waals surface area contributed by atoms with E-state index in [1.54, 1.807) is 18.2 Å². The van der Waals surface area contributed by atoms with Crippen LogP contribution in [0.3, 0.4) is 0 Å². The van der Waals surface area contributed by atoms with E-state index in [1.165, 1.54) is 0 Å². The van der Waals surface area contributed by atoms with Gasteiger partial charge in [-0.25, -0.2) is 4.79 Å². The summed E-state index contributed by atoms with van der Waals surface area (Å²) in [6, 6.07) is 14.6. The smallest absolute Gasteiger partial charge is 0.341 e. The molecular weight excluding hydrogens is 318 g/mol. The Balaban J connectivity index is 2.06. The Morgan fingerprint density at radius 2 is 1.80 bits per heavy atom. The lowest BCUT2D eigenvalue weighted by Gasteiger charge is -2.22. The van der Waals surface area contributed by atoms with E-state index in [0.29, 0.717) is 17.9 Å². The standard InChI is InChI=1S/C20H23NO4/c1-20(2,3)17-10-5-4-9-16(17)19(24)21-12-14-7-6-8-15(11-14)25-13-18(22)23/h4-11H,12-13H2,1-3H3,(H,21,24)(H,22,23). The molecule has 0 aliphatic carbocycles. The highest BCUT2D eigenvalue weighted by molar-refractivity contribution is 5.96. The molecular formula is C20H23NO4. The molecule has 2 aromatic carbocycles. The molecule has 2 N–H and O–H groups in total. The first-order chi connectivity index (χ1) is 11.8. The predicted octanol–water partition coefficient (Wildman–Crippen LogP) is 3.38. The molecule has 0 radical (unpaired) electrons. The number of benzene rings is 2. The zero-order chi connectivity index (χ0) is 18.4. The maximum atomic E-state index is 12.6. The third-order valence-corrected chi connectivity index (χ3v) is 3.69. The molecule has 0 aliphatic heterocycles. The summed E-state index contributed by atoms with van der Waals surface area (Å²) in [6.45, 7) is 6.16. The van der Waals surface area contributed by atoms with E-state index in [9.17, 15) is 9.59 Å². The van der Waals surface area contributed by atoms with Crippen LogP contribution >= 0.6 is 0 Å². The van der Waals surface area contributed by atoms with E-state index in [0.717, 1.165) is 11.1 Å². The normalized spacial score (nSPS) is 11.0. The molecule has 1 amide bonds. The van der Waals surface area contributed by atoms with Crippen LogP contribution in [0.4, 0.5) is 0 Å². The maximum Gasteiger partial charge on any atom is 0.341 e. The molecule has 25 heavy (non-hydrogen) atoms. The van der Waals surface area contributed by atoms with Crippen molar-refractivity contribution >= 4 is 11.9 Å². The van der Waals surface area contributed by atoms with Gasteiger partial charge in [-0.1, -0.05) is 51.1 Å². The van der Waals surface area contributed by atoms with Gasteiger partial charge in [0.05, 0.1) is 0 Å². The second kappa shape index (κ2) is 7.83. The fraction of sp³-hybridized carbons (Fsp3) is 0.300. The minimum Gasteiger partial charge on any atom is -0.482 e. The quantitative estimate of drug-likeness (QED) is 0.844. The number of hydrogen-bond acceptors (Lipinski definition) is 3. The summed E-state index contributed by atoms with van der Waals surface area (Å²) in [7, 11) is 0. The SMILES string of the molecule is CC(C)(C)c1ccccc1C(=O)NCc1cccc(OCC(=O)O)c1. The number of carbonyl (C=O) groups is 2. The summed E-state index contributed by atoms with van der Waals surface area (Å²) < 4.78 is 5.15. The number of amides is 1. The molecule has 0 saturated heterocycles. The summed E-state index contributed by atoms with van der Waals surface area (Å²) in [6.07, 6.45) is 0. The molecule has 0 atom stereocenters. The Hall–Kier alpha value is -2.82. The van der Waals surface area contributed by atoms with Crippen LogP contribution in [0.1, 0.15) is 42.3 Å². The minimum atomic E-state index is -1.03. The highest BCUT2D eigenvalue weighted by atomic mass is 16.5. The number of carboxylic acids is 1. The molecule has 2 rings (SSSR count). The first-order valence-corrected chi connectivity index (χ1v) is 8.08. The van der Waals surface area contributed by atoms with Crippen LogP contribution in [0.25, 0.3) is 0 Å². The average molecular weight is 341 g/mol. The van der Waals surface area contributed by atoms with Crippen molar-refractivity contribution in [1.29, 1.82) is 0 Å². The Morgan fingerprint density at radius 3 is 2.48 bits per heavy atom. The van der Waals surface area contributed by atoms with Crippen molar-refractivity contribution in [3.05, 3.63) is 65.2 Å². The molecule has 0 spiro atoms. The van der Waals surface area contributed by atoms with Gasteiger partial charge in [0.2, 0.25) is 0 Å². The van der Waals surface area contributed by atoms with Gasteiger partial charge in [0.25, 0.3) is 5.91 Å². The molecule has 0 saturated carbocycles. The van der Waals surface area contributed by atoms with Crippen molar-refractivity contribution in [3.63, 3.8) is 0 Å². The summed E-state index contributed by atoms with van der Waals surface area (Å²) in [5.41, 5.74) is 2.36. The van der Waals surface area contributed by atoms with E-state index in [4.69, 9.17) is 9.84 Å². The van der Waals surface area contributed by atoms with Crippen LogP contribution in [0.15, 0.2) is 48.5 Å². The lowest BCUT2D eigenvalue weighted by molar-refractivity contribution is -0.139. The number of hydrogen-bond donors (Lipinski definition) is 2. The lowest BCUT2D eigenvalue weighted by atomic mass is 9.83. The van der Waals surface area contributed by atoms with Gasteiger partial charge in [0.15, 0.2) is 6.61 Å². The Morgan fingerprint density at radius 1 is 1.08 bits per heavy atom. The van der Waals surface area contributed by atoms with Crippen molar-refractivity contribution in [2.24, 2.45) is 0 Å². The van der Waals surface area contributed by atoms with Gasteiger partial charge in [0.1, 0.15) is 5.75 Å². The van der Waals surface area contributed by atoms with Gasteiger partial charge in [-0.3, -0.25) is 4.79 Å². The van der Waals surface area contributed by atoms with Gasteiger partial charge < -0.3 is 15.2 Å². The molecule has 0 unspecified atom stereocenters. The topological polar surface area (TPSA) is 75.6 Å². The Labute approximate surface area is 147 Å². The number of ether oxygens (including phenoxy) is 1. The second-order valence-corrected chi connectivity index (χ2v) is 6.81. The van der Waals surface area contributed by atoms with Gasteiger partial charge in [-0.2, -0.15) is 0 Å². The van der Waals surface area contributed by atoms with Crippen LogP contribution in [0, 0.1) is 0 Å². The summed E-state index contributed by atoms with van der Waals surface area (Å²) in [5.74, 6) is -0.705. The van der Waals surface area contributed by atoms with Crippen LogP contribution in [0.2, 0.25) is 0 Å². The number of nitrogens with one attached hydrogen (secondary N) is 1. The first kappa shape index (κ1) is 18.5. The van der Waals surface area contributed by atoms with Gasteiger partial charge >= 0.3 is 5.97 Å². The number of carbonyl (C=O) groups excluding carboxylic acids is 1. The summed E-state index contributed by atoms with van der Waals surface area (Å²) in [5, 5.41) is 11.6. The summed E-state index contributed by atoms with van der Waals surface area (Å²) in [4.78, 5) is 23.1.